The van der Waals surface area contributed by atoms with Crippen LogP contribution in [-0.2, 0) is 0 Å². The number of aryl methyl sites for hydroxylation is 2. The lowest BCUT2D eigenvalue weighted by molar-refractivity contribution is 0.466. The Morgan fingerprint density at radius 3 is 2.43 bits per heavy atom. The molecule has 2 rings (SSSR count). The van der Waals surface area contributed by atoms with Crippen molar-refractivity contribution in [3.05, 3.63) is 28.8 Å². The molecule has 0 bridgehead atoms. The van der Waals surface area contributed by atoms with Gasteiger partial charge in [0.05, 0.1) is 0 Å². The van der Waals surface area contributed by atoms with E-state index in [4.69, 9.17) is 0 Å². The molecule has 1 aliphatic heterocycles. The van der Waals surface area contributed by atoms with Crippen LogP contribution in [0.25, 0.3) is 0 Å². The topological polar surface area (TPSA) is 32.3 Å². The highest BCUT2D eigenvalue weighted by Gasteiger charge is 2.17. The average Bonchev–Trinajstić information content (AvgIpc) is 2.66. The van der Waals surface area contributed by atoms with Gasteiger partial charge in [-0.3, -0.25) is 0 Å². The maximum Gasteiger partial charge on any atom is 0.121 e. The Morgan fingerprint density at radius 2 is 1.93 bits per heavy atom. The van der Waals surface area contributed by atoms with Crippen LogP contribution in [0.4, 0.5) is 0 Å². The molecule has 0 amide bonds. The van der Waals surface area contributed by atoms with Crippen molar-refractivity contribution in [2.75, 3.05) is 6.54 Å². The monoisotopic (exact) mass is 191 g/mol. The van der Waals surface area contributed by atoms with E-state index >= 15 is 0 Å². The highest BCUT2D eigenvalue weighted by Crippen LogP contribution is 2.29. The zero-order valence-electron chi connectivity index (χ0n) is 8.80. The summed E-state index contributed by atoms with van der Waals surface area (Å²) in [4.78, 5) is 0. The molecule has 2 heteroatoms. The molecule has 1 saturated heterocycles. The number of benzene rings is 1. The van der Waals surface area contributed by atoms with Crippen LogP contribution >= 0.6 is 0 Å². The Kier molecular flexibility index (Phi) is 2.46. The Labute approximate surface area is 85.0 Å². The van der Waals surface area contributed by atoms with E-state index in [0.29, 0.717) is 11.8 Å². The van der Waals surface area contributed by atoms with Gasteiger partial charge in [-0.2, -0.15) is 0 Å². The minimum atomic E-state index is 0.437. The Balaban J connectivity index is 2.34. The zero-order chi connectivity index (χ0) is 10.1. The molecule has 2 nitrogen and oxygen atoms in total. The van der Waals surface area contributed by atoms with Crippen LogP contribution < -0.4 is 5.32 Å². The van der Waals surface area contributed by atoms with Crippen molar-refractivity contribution in [2.24, 2.45) is 0 Å². The lowest BCUT2D eigenvalue weighted by Crippen LogP contribution is -2.13. The first-order valence-electron chi connectivity index (χ1n) is 5.22. The van der Waals surface area contributed by atoms with Gasteiger partial charge in [0.1, 0.15) is 5.75 Å². The molecular weight excluding hydrogens is 174 g/mol. The molecule has 0 radical (unpaired) electrons. The number of rotatable bonds is 1. The van der Waals surface area contributed by atoms with Crippen molar-refractivity contribution in [1.29, 1.82) is 0 Å². The fourth-order valence-corrected chi connectivity index (χ4v) is 2.16. The van der Waals surface area contributed by atoms with Crippen LogP contribution in [0.2, 0.25) is 0 Å². The van der Waals surface area contributed by atoms with E-state index in [2.05, 4.69) is 17.4 Å². The van der Waals surface area contributed by atoms with E-state index in [1.807, 2.05) is 13.8 Å². The first kappa shape index (κ1) is 9.53. The maximum atomic E-state index is 9.65. The molecule has 14 heavy (non-hydrogen) atoms. The van der Waals surface area contributed by atoms with Crippen LogP contribution in [0.1, 0.15) is 35.6 Å². The van der Waals surface area contributed by atoms with Gasteiger partial charge in [0.15, 0.2) is 0 Å². The molecule has 76 valence electrons. The van der Waals surface area contributed by atoms with Crippen molar-refractivity contribution in [2.45, 2.75) is 32.7 Å². The largest absolute Gasteiger partial charge is 0.507 e. The molecule has 1 fully saturated rings. The van der Waals surface area contributed by atoms with Gasteiger partial charge in [-0.05, 0) is 49.9 Å². The van der Waals surface area contributed by atoms with E-state index in [1.165, 1.54) is 18.4 Å². The number of phenols is 1. The molecular formula is C12H17NO. The summed E-state index contributed by atoms with van der Waals surface area (Å²) in [5.41, 5.74) is 3.28. The molecule has 1 aromatic rings. The summed E-state index contributed by atoms with van der Waals surface area (Å²) in [6.07, 6.45) is 2.47. The SMILES string of the molecule is Cc1cc(C2CCCN2)cc(C)c1O. The third-order valence-electron chi connectivity index (χ3n) is 2.98. The fraction of sp³-hybridized carbons (Fsp3) is 0.500. The molecule has 1 atom stereocenters. The number of phenolic OH excluding ortho intramolecular Hbond substituents is 1. The number of hydrogen-bond donors (Lipinski definition) is 2. The predicted molar refractivity (Wildman–Crippen MR) is 57.6 cm³/mol. The van der Waals surface area contributed by atoms with Gasteiger partial charge < -0.3 is 10.4 Å². The van der Waals surface area contributed by atoms with Gasteiger partial charge in [0.25, 0.3) is 0 Å². The van der Waals surface area contributed by atoms with Gasteiger partial charge in [-0.15, -0.1) is 0 Å². The first-order valence-corrected chi connectivity index (χ1v) is 5.22. The summed E-state index contributed by atoms with van der Waals surface area (Å²) >= 11 is 0. The fourth-order valence-electron chi connectivity index (χ4n) is 2.16. The van der Waals surface area contributed by atoms with Crippen LogP contribution in [0.3, 0.4) is 0 Å². The maximum absolute atomic E-state index is 9.65. The standard InChI is InChI=1S/C12H17NO/c1-8-6-10(7-9(2)12(8)14)11-4-3-5-13-11/h6-7,11,13-14H,3-5H2,1-2H3. The second-order valence-corrected chi connectivity index (χ2v) is 4.15. The Hall–Kier alpha value is -1.02. The summed E-state index contributed by atoms with van der Waals surface area (Å²) < 4.78 is 0. The highest BCUT2D eigenvalue weighted by molar-refractivity contribution is 5.43. The summed E-state index contributed by atoms with van der Waals surface area (Å²) in [6, 6.07) is 4.67. The predicted octanol–water partition coefficient (Wildman–Crippen LogP) is 2.43. The smallest absolute Gasteiger partial charge is 0.121 e. The van der Waals surface area contributed by atoms with Crippen molar-refractivity contribution in [3.8, 4) is 5.75 Å². The van der Waals surface area contributed by atoms with Gasteiger partial charge in [0, 0.05) is 6.04 Å². The zero-order valence-corrected chi connectivity index (χ0v) is 8.80. The average molecular weight is 191 g/mol. The van der Waals surface area contributed by atoms with Crippen LogP contribution in [-0.4, -0.2) is 11.7 Å². The second-order valence-electron chi connectivity index (χ2n) is 4.15. The van der Waals surface area contributed by atoms with Crippen molar-refractivity contribution in [1.82, 2.24) is 5.32 Å². The number of nitrogens with one attached hydrogen (secondary N) is 1. The number of aromatic hydroxyl groups is 1. The molecule has 0 spiro atoms. The summed E-state index contributed by atoms with van der Waals surface area (Å²) in [7, 11) is 0. The molecule has 2 N–H and O–H groups in total. The molecule has 0 aliphatic carbocycles. The molecule has 0 aromatic heterocycles. The van der Waals surface area contributed by atoms with Crippen molar-refractivity contribution < 1.29 is 5.11 Å². The first-order chi connectivity index (χ1) is 6.68. The minimum Gasteiger partial charge on any atom is -0.507 e. The summed E-state index contributed by atoms with van der Waals surface area (Å²) in [5, 5.41) is 13.1. The lowest BCUT2D eigenvalue weighted by atomic mass is 9.99. The van der Waals surface area contributed by atoms with Gasteiger partial charge in [-0.1, -0.05) is 12.1 Å². The Morgan fingerprint density at radius 1 is 1.29 bits per heavy atom. The van der Waals surface area contributed by atoms with Crippen molar-refractivity contribution in [3.63, 3.8) is 0 Å². The summed E-state index contributed by atoms with van der Waals surface area (Å²) in [6.45, 7) is 5.03. The molecule has 1 heterocycles. The quantitative estimate of drug-likeness (QED) is 0.714. The van der Waals surface area contributed by atoms with Gasteiger partial charge in [-0.25, -0.2) is 0 Å². The van der Waals surface area contributed by atoms with Crippen molar-refractivity contribution >= 4 is 0 Å². The highest BCUT2D eigenvalue weighted by atomic mass is 16.3. The molecule has 1 unspecified atom stereocenters. The van der Waals surface area contributed by atoms with E-state index in [9.17, 15) is 5.11 Å². The van der Waals surface area contributed by atoms with Gasteiger partial charge in [0.2, 0.25) is 0 Å². The van der Waals surface area contributed by atoms with Crippen LogP contribution in [0.15, 0.2) is 12.1 Å². The third-order valence-corrected chi connectivity index (χ3v) is 2.98. The van der Waals surface area contributed by atoms with E-state index in [0.717, 1.165) is 17.7 Å². The number of hydrogen-bond acceptors (Lipinski definition) is 2. The van der Waals surface area contributed by atoms with E-state index in [1.54, 1.807) is 0 Å². The lowest BCUT2D eigenvalue weighted by Gasteiger charge is -2.13. The van der Waals surface area contributed by atoms with E-state index < -0.39 is 0 Å². The summed E-state index contributed by atoms with van der Waals surface area (Å²) in [5.74, 6) is 0.437. The normalized spacial score (nSPS) is 21.4. The van der Waals surface area contributed by atoms with E-state index in [-0.39, 0.29) is 0 Å². The van der Waals surface area contributed by atoms with Crippen LogP contribution in [0.5, 0.6) is 5.75 Å². The molecule has 1 aliphatic rings. The van der Waals surface area contributed by atoms with Crippen LogP contribution in [0, 0.1) is 13.8 Å². The third kappa shape index (κ3) is 1.62. The van der Waals surface area contributed by atoms with Gasteiger partial charge >= 0.3 is 0 Å². The molecule has 0 saturated carbocycles. The Bertz CT molecular complexity index is 317. The second kappa shape index (κ2) is 3.62. The molecule has 1 aromatic carbocycles. The minimum absolute atomic E-state index is 0.437.